The first-order valence-electron chi connectivity index (χ1n) is 11.4. The Morgan fingerprint density at radius 3 is 2.52 bits per heavy atom. The van der Waals surface area contributed by atoms with Gasteiger partial charge in [0, 0.05) is 11.3 Å². The molecular weight excluding hydrogens is 412 g/mol. The Hall–Kier alpha value is -3.60. The highest BCUT2D eigenvalue weighted by molar-refractivity contribution is 5.93. The maximum atomic E-state index is 12.6. The van der Waals surface area contributed by atoms with E-state index in [4.69, 9.17) is 9.15 Å². The molecule has 1 heterocycles. The van der Waals surface area contributed by atoms with Crippen LogP contribution in [0.4, 0.5) is 5.69 Å². The fourth-order valence-electron chi connectivity index (χ4n) is 3.85. The van der Waals surface area contributed by atoms with Crippen molar-refractivity contribution in [2.75, 3.05) is 11.9 Å². The van der Waals surface area contributed by atoms with Crippen LogP contribution in [0.15, 0.2) is 59.0 Å². The summed E-state index contributed by atoms with van der Waals surface area (Å²) in [5, 5.41) is 2.95. The predicted molar refractivity (Wildman–Crippen MR) is 133 cm³/mol. The number of carbonyl (C=O) groups is 1. The molecule has 4 aromatic rings. The fraction of sp³-hybridized carbons (Fsp3) is 0.286. The van der Waals surface area contributed by atoms with Gasteiger partial charge >= 0.3 is 0 Å². The summed E-state index contributed by atoms with van der Waals surface area (Å²) in [6, 6.07) is 17.8. The van der Waals surface area contributed by atoms with Crippen LogP contribution in [0.1, 0.15) is 48.4 Å². The molecule has 0 radical (unpaired) electrons. The van der Waals surface area contributed by atoms with Crippen LogP contribution in [0, 0.1) is 20.8 Å². The number of amides is 1. The van der Waals surface area contributed by atoms with Gasteiger partial charge in [-0.05, 0) is 85.7 Å². The van der Waals surface area contributed by atoms with E-state index < -0.39 is 0 Å². The Morgan fingerprint density at radius 2 is 1.79 bits per heavy atom. The van der Waals surface area contributed by atoms with E-state index in [1.807, 2.05) is 57.2 Å². The SMILES string of the molecule is CCC(C)c1ccc(OCC(=O)Nc2cc(-c3nc4cc(C)cc(C)c4o3)ccc2C)cc1. The number of carbonyl (C=O) groups excluding carboxylic acids is 1. The van der Waals surface area contributed by atoms with Crippen LogP contribution in [0.2, 0.25) is 0 Å². The van der Waals surface area contributed by atoms with Crippen molar-refractivity contribution >= 4 is 22.7 Å². The van der Waals surface area contributed by atoms with Crippen LogP contribution >= 0.6 is 0 Å². The van der Waals surface area contributed by atoms with Gasteiger partial charge in [0.15, 0.2) is 12.2 Å². The third-order valence-corrected chi connectivity index (χ3v) is 6.01. The molecule has 170 valence electrons. The highest BCUT2D eigenvalue weighted by atomic mass is 16.5. The van der Waals surface area contributed by atoms with Crippen LogP contribution in [0.3, 0.4) is 0 Å². The average Bonchev–Trinajstić information content (AvgIpc) is 3.23. The summed E-state index contributed by atoms with van der Waals surface area (Å²) in [6.07, 6.45) is 1.09. The van der Waals surface area contributed by atoms with E-state index in [2.05, 4.69) is 42.3 Å². The van der Waals surface area contributed by atoms with Crippen LogP contribution in [-0.2, 0) is 4.79 Å². The summed E-state index contributed by atoms with van der Waals surface area (Å²) in [6.45, 7) is 10.3. The van der Waals surface area contributed by atoms with Crippen LogP contribution in [0.5, 0.6) is 5.75 Å². The lowest BCUT2D eigenvalue weighted by Gasteiger charge is -2.12. The highest BCUT2D eigenvalue weighted by Gasteiger charge is 2.13. The first-order valence-corrected chi connectivity index (χ1v) is 11.4. The molecule has 0 bridgehead atoms. The number of rotatable bonds is 7. The first-order chi connectivity index (χ1) is 15.8. The number of anilines is 1. The van der Waals surface area contributed by atoms with Crippen molar-refractivity contribution in [2.24, 2.45) is 0 Å². The third-order valence-electron chi connectivity index (χ3n) is 6.01. The molecule has 0 saturated heterocycles. The molecule has 1 unspecified atom stereocenters. The highest BCUT2D eigenvalue weighted by Crippen LogP contribution is 2.30. The molecule has 0 aliphatic carbocycles. The number of fused-ring (bicyclic) bond motifs is 1. The quantitative estimate of drug-likeness (QED) is 0.336. The summed E-state index contributed by atoms with van der Waals surface area (Å²) in [7, 11) is 0. The molecule has 0 aliphatic heterocycles. The molecule has 0 aliphatic rings. The second-order valence-electron chi connectivity index (χ2n) is 8.69. The van der Waals surface area contributed by atoms with E-state index in [0.717, 1.165) is 39.8 Å². The second kappa shape index (κ2) is 9.49. The van der Waals surface area contributed by atoms with Gasteiger partial charge in [-0.25, -0.2) is 4.98 Å². The fourth-order valence-corrected chi connectivity index (χ4v) is 3.85. The van der Waals surface area contributed by atoms with Crippen LogP contribution < -0.4 is 10.1 Å². The summed E-state index contributed by atoms with van der Waals surface area (Å²) >= 11 is 0. The topological polar surface area (TPSA) is 64.4 Å². The van der Waals surface area contributed by atoms with E-state index in [9.17, 15) is 4.79 Å². The summed E-state index contributed by atoms with van der Waals surface area (Å²) in [5.41, 5.74) is 7.56. The minimum atomic E-state index is -0.217. The van der Waals surface area contributed by atoms with Crippen molar-refractivity contribution in [3.8, 4) is 17.2 Å². The lowest BCUT2D eigenvalue weighted by molar-refractivity contribution is -0.118. The summed E-state index contributed by atoms with van der Waals surface area (Å²) in [4.78, 5) is 17.2. The van der Waals surface area contributed by atoms with Crippen LogP contribution in [-0.4, -0.2) is 17.5 Å². The van der Waals surface area contributed by atoms with E-state index >= 15 is 0 Å². The van der Waals surface area contributed by atoms with Gasteiger partial charge in [0.2, 0.25) is 5.89 Å². The van der Waals surface area contributed by atoms with Crippen molar-refractivity contribution in [1.82, 2.24) is 4.98 Å². The molecule has 4 rings (SSSR count). The smallest absolute Gasteiger partial charge is 0.262 e. The molecule has 0 saturated carbocycles. The number of ether oxygens (including phenoxy) is 1. The number of benzene rings is 3. The average molecular weight is 443 g/mol. The first kappa shape index (κ1) is 22.6. The normalized spacial score (nSPS) is 12.0. The lowest BCUT2D eigenvalue weighted by Crippen LogP contribution is -2.20. The largest absolute Gasteiger partial charge is 0.484 e. The zero-order valence-corrected chi connectivity index (χ0v) is 19.9. The molecule has 3 aromatic carbocycles. The Labute approximate surface area is 194 Å². The Balaban J connectivity index is 1.46. The molecule has 1 aromatic heterocycles. The lowest BCUT2D eigenvalue weighted by atomic mass is 9.99. The van der Waals surface area contributed by atoms with Gasteiger partial charge in [0.1, 0.15) is 11.3 Å². The Kier molecular flexibility index (Phi) is 6.50. The number of aryl methyl sites for hydroxylation is 3. The summed E-state index contributed by atoms with van der Waals surface area (Å²) in [5.74, 6) is 1.50. The molecule has 5 heteroatoms. The zero-order chi connectivity index (χ0) is 23.5. The maximum Gasteiger partial charge on any atom is 0.262 e. The minimum Gasteiger partial charge on any atom is -0.484 e. The maximum absolute atomic E-state index is 12.6. The standard InChI is InChI=1S/C28H30N2O3/c1-6-18(3)21-9-11-23(12-10-21)32-16-26(31)29-24-15-22(8-7-19(24)4)28-30-25-14-17(2)13-20(5)27(25)33-28/h7-15,18H,6,16H2,1-5H3,(H,29,31). The van der Waals surface area contributed by atoms with Crippen LogP contribution in [0.25, 0.3) is 22.6 Å². The van der Waals surface area contributed by atoms with Crippen molar-refractivity contribution in [1.29, 1.82) is 0 Å². The molecule has 1 N–H and O–H groups in total. The number of hydrogen-bond donors (Lipinski definition) is 1. The Bertz CT molecular complexity index is 1290. The molecule has 1 amide bonds. The predicted octanol–water partition coefficient (Wildman–Crippen LogP) is 6.95. The van der Waals surface area contributed by atoms with E-state index in [0.29, 0.717) is 23.2 Å². The van der Waals surface area contributed by atoms with Gasteiger partial charge in [-0.2, -0.15) is 0 Å². The van der Waals surface area contributed by atoms with Crippen molar-refractivity contribution in [3.63, 3.8) is 0 Å². The minimum absolute atomic E-state index is 0.0618. The number of nitrogens with one attached hydrogen (secondary N) is 1. The number of oxazole rings is 1. The zero-order valence-electron chi connectivity index (χ0n) is 19.9. The van der Waals surface area contributed by atoms with Gasteiger partial charge in [-0.1, -0.05) is 38.1 Å². The van der Waals surface area contributed by atoms with Gasteiger partial charge in [0.05, 0.1) is 0 Å². The van der Waals surface area contributed by atoms with Crippen molar-refractivity contribution < 1.29 is 13.9 Å². The number of aromatic nitrogens is 1. The third kappa shape index (κ3) is 5.08. The molecule has 0 fully saturated rings. The Morgan fingerprint density at radius 1 is 1.03 bits per heavy atom. The number of hydrogen-bond acceptors (Lipinski definition) is 4. The van der Waals surface area contributed by atoms with Gasteiger partial charge in [-0.15, -0.1) is 0 Å². The van der Waals surface area contributed by atoms with Gasteiger partial charge in [-0.3, -0.25) is 4.79 Å². The molecule has 33 heavy (non-hydrogen) atoms. The monoisotopic (exact) mass is 442 g/mol. The molecule has 1 atom stereocenters. The van der Waals surface area contributed by atoms with Crippen molar-refractivity contribution in [3.05, 3.63) is 76.9 Å². The molecular formula is C28H30N2O3. The molecule has 0 spiro atoms. The van der Waals surface area contributed by atoms with Gasteiger partial charge < -0.3 is 14.5 Å². The summed E-state index contributed by atoms with van der Waals surface area (Å²) < 4.78 is 11.7. The van der Waals surface area contributed by atoms with Crippen molar-refractivity contribution in [2.45, 2.75) is 47.0 Å². The molecule has 5 nitrogen and oxygen atoms in total. The number of nitrogens with zero attached hydrogens (tertiary/aromatic N) is 1. The van der Waals surface area contributed by atoms with Gasteiger partial charge in [0.25, 0.3) is 5.91 Å². The van der Waals surface area contributed by atoms with E-state index in [1.54, 1.807) is 0 Å². The van der Waals surface area contributed by atoms with E-state index in [-0.39, 0.29) is 12.5 Å². The second-order valence-corrected chi connectivity index (χ2v) is 8.69. The van der Waals surface area contributed by atoms with E-state index in [1.165, 1.54) is 5.56 Å².